The summed E-state index contributed by atoms with van der Waals surface area (Å²) in [4.78, 5) is 11.6. The van der Waals surface area contributed by atoms with E-state index in [4.69, 9.17) is 14.4 Å². The van der Waals surface area contributed by atoms with Crippen LogP contribution in [0.5, 0.6) is 0 Å². The third kappa shape index (κ3) is 2.38. The molecule has 0 amide bonds. The summed E-state index contributed by atoms with van der Waals surface area (Å²) in [6, 6.07) is 3.63. The Balaban J connectivity index is 2.82. The molecule has 4 heteroatoms. The van der Waals surface area contributed by atoms with Crippen molar-refractivity contribution in [3.05, 3.63) is 23.7 Å². The molecule has 80 valence electrons. The zero-order valence-corrected chi connectivity index (χ0v) is 9.03. The fourth-order valence-corrected chi connectivity index (χ4v) is 1.01. The zero-order valence-electron chi connectivity index (χ0n) is 9.03. The van der Waals surface area contributed by atoms with Gasteiger partial charge < -0.3 is 9.15 Å². The smallest absolute Gasteiger partial charge is 0.376 e. The van der Waals surface area contributed by atoms with Gasteiger partial charge in [0.1, 0.15) is 6.07 Å². The molecule has 15 heavy (non-hydrogen) atoms. The minimum absolute atomic E-state index is 0.157. The van der Waals surface area contributed by atoms with Crippen molar-refractivity contribution in [3.63, 3.8) is 0 Å². The fourth-order valence-electron chi connectivity index (χ4n) is 1.01. The van der Waals surface area contributed by atoms with Crippen LogP contribution in [0.15, 0.2) is 16.7 Å². The van der Waals surface area contributed by atoms with E-state index in [-0.39, 0.29) is 5.76 Å². The molecule has 0 aromatic carbocycles. The summed E-state index contributed by atoms with van der Waals surface area (Å²) in [7, 11) is 0. The lowest BCUT2D eigenvalue weighted by Gasteiger charge is -2.19. The lowest BCUT2D eigenvalue weighted by molar-refractivity contribution is 0.00889. The molecule has 0 aliphatic heterocycles. The highest BCUT2D eigenvalue weighted by Gasteiger charge is 2.28. The van der Waals surface area contributed by atoms with Gasteiger partial charge >= 0.3 is 5.97 Å². The van der Waals surface area contributed by atoms with Crippen molar-refractivity contribution in [1.82, 2.24) is 0 Å². The number of aryl methyl sites for hydroxylation is 1. The largest absolute Gasteiger partial charge is 0.457 e. The third-order valence-electron chi connectivity index (χ3n) is 2.28. The average molecular weight is 207 g/mol. The van der Waals surface area contributed by atoms with E-state index < -0.39 is 11.6 Å². The van der Waals surface area contributed by atoms with Gasteiger partial charge in [0.05, 0.1) is 6.26 Å². The van der Waals surface area contributed by atoms with Gasteiger partial charge in [-0.05, 0) is 26.3 Å². The van der Waals surface area contributed by atoms with Crippen LogP contribution in [-0.2, 0) is 4.74 Å². The maximum absolute atomic E-state index is 11.6. The Kier molecular flexibility index (Phi) is 3.15. The summed E-state index contributed by atoms with van der Waals surface area (Å²) in [5, 5.41) is 8.84. The maximum atomic E-state index is 11.6. The van der Waals surface area contributed by atoms with Crippen molar-refractivity contribution in [2.24, 2.45) is 0 Å². The van der Waals surface area contributed by atoms with E-state index in [0.717, 1.165) is 0 Å². The fraction of sp³-hybridized carbons (Fsp3) is 0.455. The molecular weight excluding hydrogens is 194 g/mol. The second-order valence-corrected chi connectivity index (χ2v) is 3.52. The quantitative estimate of drug-likeness (QED) is 0.714. The van der Waals surface area contributed by atoms with Gasteiger partial charge in [-0.25, -0.2) is 4.79 Å². The lowest BCUT2D eigenvalue weighted by Crippen LogP contribution is -2.29. The Morgan fingerprint density at radius 3 is 2.80 bits per heavy atom. The van der Waals surface area contributed by atoms with Crippen LogP contribution in [0.25, 0.3) is 0 Å². The second-order valence-electron chi connectivity index (χ2n) is 3.52. The molecule has 0 N–H and O–H groups in total. The first-order chi connectivity index (χ1) is 7.02. The molecule has 1 heterocycles. The van der Waals surface area contributed by atoms with Gasteiger partial charge in [0.25, 0.3) is 0 Å². The van der Waals surface area contributed by atoms with Gasteiger partial charge in [-0.1, -0.05) is 6.92 Å². The van der Waals surface area contributed by atoms with E-state index in [1.54, 1.807) is 26.8 Å². The van der Waals surface area contributed by atoms with E-state index in [2.05, 4.69) is 0 Å². The van der Waals surface area contributed by atoms with E-state index >= 15 is 0 Å². The van der Waals surface area contributed by atoms with Crippen LogP contribution in [0, 0.1) is 18.3 Å². The molecule has 1 atom stereocenters. The Hall–Kier alpha value is -1.76. The van der Waals surface area contributed by atoms with Crippen molar-refractivity contribution in [3.8, 4) is 6.07 Å². The van der Waals surface area contributed by atoms with Crippen molar-refractivity contribution >= 4 is 5.97 Å². The van der Waals surface area contributed by atoms with E-state index in [0.29, 0.717) is 12.0 Å². The highest BCUT2D eigenvalue weighted by atomic mass is 16.6. The highest BCUT2D eigenvalue weighted by Crippen LogP contribution is 2.18. The second kappa shape index (κ2) is 4.18. The molecule has 0 saturated carbocycles. The average Bonchev–Trinajstić information content (AvgIpc) is 2.64. The lowest BCUT2D eigenvalue weighted by atomic mass is 10.1. The van der Waals surface area contributed by atoms with Crippen LogP contribution in [0.1, 0.15) is 36.4 Å². The predicted molar refractivity (Wildman–Crippen MR) is 53.2 cm³/mol. The molecule has 1 rings (SSSR count). The van der Waals surface area contributed by atoms with Crippen LogP contribution in [0.4, 0.5) is 0 Å². The standard InChI is InChI=1S/C11H13NO3/c1-4-11(3,7-12)15-10(13)9-8(2)5-6-14-9/h5-6H,4H2,1-3H3. The van der Waals surface area contributed by atoms with Crippen molar-refractivity contribution in [1.29, 1.82) is 5.26 Å². The van der Waals surface area contributed by atoms with Crippen LogP contribution in [0.3, 0.4) is 0 Å². The number of hydrogen-bond donors (Lipinski definition) is 0. The molecule has 0 fully saturated rings. The van der Waals surface area contributed by atoms with Crippen LogP contribution in [-0.4, -0.2) is 11.6 Å². The molecule has 0 aliphatic carbocycles. The van der Waals surface area contributed by atoms with Gasteiger partial charge in [-0.15, -0.1) is 0 Å². The molecule has 0 radical (unpaired) electrons. The number of nitrogens with zero attached hydrogens (tertiary/aromatic N) is 1. The Bertz CT molecular complexity index is 402. The molecule has 0 saturated heterocycles. The molecule has 0 aliphatic rings. The molecular formula is C11H13NO3. The zero-order chi connectivity index (χ0) is 11.5. The highest BCUT2D eigenvalue weighted by molar-refractivity contribution is 5.88. The molecule has 1 aromatic heterocycles. The first-order valence-corrected chi connectivity index (χ1v) is 4.71. The number of carbonyl (C=O) groups excluding carboxylic acids is 1. The first-order valence-electron chi connectivity index (χ1n) is 4.71. The monoisotopic (exact) mass is 207 g/mol. The SMILES string of the molecule is CCC(C)(C#N)OC(=O)c1occc1C. The van der Waals surface area contributed by atoms with Crippen LogP contribution < -0.4 is 0 Å². The summed E-state index contributed by atoms with van der Waals surface area (Å²) >= 11 is 0. The van der Waals surface area contributed by atoms with Gasteiger partial charge in [0.15, 0.2) is 5.60 Å². The van der Waals surface area contributed by atoms with E-state index in [1.807, 2.05) is 6.07 Å². The number of esters is 1. The van der Waals surface area contributed by atoms with Gasteiger partial charge in [0, 0.05) is 5.56 Å². The van der Waals surface area contributed by atoms with Crippen LogP contribution >= 0.6 is 0 Å². The van der Waals surface area contributed by atoms with Gasteiger partial charge in [-0.2, -0.15) is 5.26 Å². The Morgan fingerprint density at radius 2 is 2.40 bits per heavy atom. The van der Waals surface area contributed by atoms with Gasteiger partial charge in [0.2, 0.25) is 5.76 Å². The first kappa shape index (κ1) is 11.3. The van der Waals surface area contributed by atoms with E-state index in [9.17, 15) is 4.79 Å². The molecule has 1 aromatic rings. The minimum Gasteiger partial charge on any atom is -0.457 e. The summed E-state index contributed by atoms with van der Waals surface area (Å²) in [6.07, 6.45) is 1.86. The molecule has 1 unspecified atom stereocenters. The molecule has 0 bridgehead atoms. The number of carbonyl (C=O) groups is 1. The Morgan fingerprint density at radius 1 is 1.73 bits per heavy atom. The molecule has 4 nitrogen and oxygen atoms in total. The third-order valence-corrected chi connectivity index (χ3v) is 2.28. The predicted octanol–water partition coefficient (Wildman–Crippen LogP) is 2.44. The van der Waals surface area contributed by atoms with E-state index in [1.165, 1.54) is 6.26 Å². The molecule has 0 spiro atoms. The maximum Gasteiger partial charge on any atom is 0.376 e. The number of hydrogen-bond acceptors (Lipinski definition) is 4. The topological polar surface area (TPSA) is 63.2 Å². The van der Waals surface area contributed by atoms with Crippen molar-refractivity contribution in [2.45, 2.75) is 32.8 Å². The number of nitriles is 1. The number of rotatable bonds is 3. The minimum atomic E-state index is -1.09. The van der Waals surface area contributed by atoms with Gasteiger partial charge in [-0.3, -0.25) is 0 Å². The van der Waals surface area contributed by atoms with Crippen LogP contribution in [0.2, 0.25) is 0 Å². The summed E-state index contributed by atoms with van der Waals surface area (Å²) in [5.41, 5.74) is -0.382. The summed E-state index contributed by atoms with van der Waals surface area (Å²) < 4.78 is 10.0. The van der Waals surface area contributed by atoms with Crippen molar-refractivity contribution < 1.29 is 13.9 Å². The number of furan rings is 1. The van der Waals surface area contributed by atoms with Crippen molar-refractivity contribution in [2.75, 3.05) is 0 Å². The summed E-state index contributed by atoms with van der Waals surface area (Å²) in [5.74, 6) is -0.437. The summed E-state index contributed by atoms with van der Waals surface area (Å²) in [6.45, 7) is 5.10. The Labute approximate surface area is 88.4 Å². The number of ether oxygens (including phenoxy) is 1. The normalized spacial score (nSPS) is 14.0.